The number of amides is 1. The first kappa shape index (κ1) is 26.6. The number of unbranched alkanes of at least 4 members (excludes halogenated alkanes) is 5. The van der Waals surface area contributed by atoms with E-state index in [-0.39, 0.29) is 5.91 Å². The van der Waals surface area contributed by atoms with Gasteiger partial charge in [-0.15, -0.1) is 0 Å². The monoisotopic (exact) mass is 391 g/mol. The topological polar surface area (TPSA) is 67.2 Å². The summed E-state index contributed by atoms with van der Waals surface area (Å²) in [7, 11) is 0. The van der Waals surface area contributed by atoms with Gasteiger partial charge in [0.1, 0.15) is 0 Å². The van der Waals surface area contributed by atoms with Crippen LogP contribution in [0.15, 0.2) is 36.5 Å². The van der Waals surface area contributed by atoms with Gasteiger partial charge >= 0.3 is 0 Å². The number of nitrogens with two attached hydrogens (primary N) is 1. The fourth-order valence-corrected chi connectivity index (χ4v) is 2.72. The van der Waals surface area contributed by atoms with Crippen molar-refractivity contribution in [3.05, 3.63) is 36.5 Å². The van der Waals surface area contributed by atoms with Crippen molar-refractivity contribution >= 4 is 5.91 Å². The number of rotatable bonds is 20. The second-order valence-corrected chi connectivity index (χ2v) is 7.22. The van der Waals surface area contributed by atoms with Crippen LogP contribution in [0.4, 0.5) is 0 Å². The number of hydrogen-bond acceptors (Lipinski definition) is 3. The van der Waals surface area contributed by atoms with E-state index in [0.29, 0.717) is 6.42 Å². The smallest absolute Gasteiger partial charge is 0.219 e. The highest BCUT2D eigenvalue weighted by molar-refractivity contribution is 5.75. The summed E-state index contributed by atoms with van der Waals surface area (Å²) in [5, 5.41) is 6.30. The molecule has 0 aliphatic rings. The lowest BCUT2D eigenvalue weighted by Gasteiger charge is -2.06. The van der Waals surface area contributed by atoms with Crippen molar-refractivity contribution < 1.29 is 4.79 Å². The summed E-state index contributed by atoms with van der Waals surface area (Å²) in [5.74, 6) is 0.177. The van der Waals surface area contributed by atoms with E-state index >= 15 is 0 Å². The van der Waals surface area contributed by atoms with E-state index in [1.807, 2.05) is 0 Å². The van der Waals surface area contributed by atoms with Gasteiger partial charge in [-0.2, -0.15) is 0 Å². The van der Waals surface area contributed by atoms with Gasteiger partial charge in [0.15, 0.2) is 0 Å². The minimum absolute atomic E-state index is 0.177. The van der Waals surface area contributed by atoms with Crippen LogP contribution in [-0.4, -0.2) is 32.1 Å². The van der Waals surface area contributed by atoms with Crippen LogP contribution in [0.2, 0.25) is 0 Å². The molecule has 0 atom stereocenters. The highest BCUT2D eigenvalue weighted by Crippen LogP contribution is 2.03. The molecule has 0 saturated carbocycles. The molecule has 0 aliphatic carbocycles. The summed E-state index contributed by atoms with van der Waals surface area (Å²) in [6.45, 7) is 5.63. The van der Waals surface area contributed by atoms with Gasteiger partial charge in [0.2, 0.25) is 5.91 Å². The maximum absolute atomic E-state index is 11.7. The zero-order chi connectivity index (χ0) is 20.5. The summed E-state index contributed by atoms with van der Waals surface area (Å²) in [5.41, 5.74) is 5.43. The Bertz CT molecular complexity index is 416. The molecule has 0 aromatic heterocycles. The van der Waals surface area contributed by atoms with E-state index in [4.69, 9.17) is 5.73 Å². The largest absolute Gasteiger partial charge is 0.356 e. The first-order valence-corrected chi connectivity index (χ1v) is 11.4. The van der Waals surface area contributed by atoms with Crippen LogP contribution < -0.4 is 16.4 Å². The molecule has 0 spiro atoms. The molecule has 4 heteroatoms. The minimum atomic E-state index is 0.177. The SMILES string of the molecule is CCCCC/C=C\C/C=C\C/C=C\CCCCC(=O)NCCCNCCCN. The second-order valence-electron chi connectivity index (χ2n) is 7.22. The average Bonchev–Trinajstić information content (AvgIpc) is 2.70. The summed E-state index contributed by atoms with van der Waals surface area (Å²) < 4.78 is 0. The van der Waals surface area contributed by atoms with Crippen LogP contribution >= 0.6 is 0 Å². The van der Waals surface area contributed by atoms with Crippen molar-refractivity contribution in [3.8, 4) is 0 Å². The van der Waals surface area contributed by atoms with Crippen molar-refractivity contribution in [3.63, 3.8) is 0 Å². The molecule has 1 amide bonds. The maximum atomic E-state index is 11.7. The van der Waals surface area contributed by atoms with Crippen LogP contribution in [0.1, 0.15) is 84.0 Å². The molecule has 0 aliphatic heterocycles. The van der Waals surface area contributed by atoms with Gasteiger partial charge in [0.05, 0.1) is 0 Å². The number of hydrogen-bond donors (Lipinski definition) is 3. The Kier molecular flexibility index (Phi) is 22.5. The normalized spacial score (nSPS) is 11.9. The zero-order valence-electron chi connectivity index (χ0n) is 18.3. The first-order chi connectivity index (χ1) is 13.8. The van der Waals surface area contributed by atoms with Crippen LogP contribution in [0.25, 0.3) is 0 Å². The minimum Gasteiger partial charge on any atom is -0.356 e. The van der Waals surface area contributed by atoms with E-state index < -0.39 is 0 Å². The summed E-state index contributed by atoms with van der Waals surface area (Å²) in [6, 6.07) is 0. The summed E-state index contributed by atoms with van der Waals surface area (Å²) in [6.07, 6.45) is 26.4. The summed E-state index contributed by atoms with van der Waals surface area (Å²) in [4.78, 5) is 11.7. The lowest BCUT2D eigenvalue weighted by Crippen LogP contribution is -2.27. The molecular formula is C24H45N3O. The Hall–Kier alpha value is -1.39. The fourth-order valence-electron chi connectivity index (χ4n) is 2.72. The van der Waals surface area contributed by atoms with Gasteiger partial charge in [-0.1, -0.05) is 56.2 Å². The average molecular weight is 392 g/mol. The van der Waals surface area contributed by atoms with Crippen molar-refractivity contribution in [1.82, 2.24) is 10.6 Å². The van der Waals surface area contributed by atoms with Crippen molar-refractivity contribution in [2.45, 2.75) is 84.0 Å². The lowest BCUT2D eigenvalue weighted by molar-refractivity contribution is -0.121. The molecule has 0 aromatic carbocycles. The van der Waals surface area contributed by atoms with Crippen LogP contribution in [-0.2, 0) is 4.79 Å². The predicted molar refractivity (Wildman–Crippen MR) is 123 cm³/mol. The molecule has 0 aromatic rings. The molecule has 162 valence electrons. The van der Waals surface area contributed by atoms with E-state index in [0.717, 1.165) is 71.1 Å². The lowest BCUT2D eigenvalue weighted by atomic mass is 10.1. The van der Waals surface area contributed by atoms with Gasteiger partial charge in [-0.05, 0) is 77.4 Å². The molecule has 0 radical (unpaired) electrons. The number of carbonyl (C=O) groups is 1. The van der Waals surface area contributed by atoms with Crippen molar-refractivity contribution in [1.29, 1.82) is 0 Å². The Morgan fingerprint density at radius 1 is 0.750 bits per heavy atom. The third kappa shape index (κ3) is 22.7. The molecule has 0 unspecified atom stereocenters. The third-order valence-corrected chi connectivity index (χ3v) is 4.45. The molecule has 0 fully saturated rings. The number of allylic oxidation sites excluding steroid dienone is 6. The van der Waals surface area contributed by atoms with E-state index in [2.05, 4.69) is 54.0 Å². The Balaban J connectivity index is 3.36. The molecule has 28 heavy (non-hydrogen) atoms. The van der Waals surface area contributed by atoms with Crippen LogP contribution in [0, 0.1) is 0 Å². The quantitative estimate of drug-likeness (QED) is 0.202. The molecule has 0 rings (SSSR count). The van der Waals surface area contributed by atoms with E-state index in [1.54, 1.807) is 0 Å². The fraction of sp³-hybridized carbons (Fsp3) is 0.708. The standard InChI is InChI=1S/C24H45N3O/c1-2-3-4-5-6-7-8-9-10-11-12-13-14-15-16-19-24(28)27-23-18-22-26-21-17-20-25/h6-7,9-10,12-13,26H,2-5,8,11,14-23,25H2,1H3,(H,27,28)/b7-6-,10-9-,13-12-. The number of carbonyl (C=O) groups excluding carboxylic acids is 1. The van der Waals surface area contributed by atoms with Gasteiger partial charge in [-0.3, -0.25) is 4.79 Å². The van der Waals surface area contributed by atoms with Crippen molar-refractivity contribution in [2.24, 2.45) is 5.73 Å². The highest BCUT2D eigenvalue weighted by Gasteiger charge is 1.99. The van der Waals surface area contributed by atoms with Crippen LogP contribution in [0.3, 0.4) is 0 Å². The Morgan fingerprint density at radius 3 is 2.00 bits per heavy atom. The predicted octanol–water partition coefficient (Wildman–Crippen LogP) is 5.02. The first-order valence-electron chi connectivity index (χ1n) is 11.4. The van der Waals surface area contributed by atoms with E-state index in [1.165, 1.54) is 25.7 Å². The van der Waals surface area contributed by atoms with Gasteiger partial charge < -0.3 is 16.4 Å². The van der Waals surface area contributed by atoms with Gasteiger partial charge in [0.25, 0.3) is 0 Å². The third-order valence-electron chi connectivity index (χ3n) is 4.45. The van der Waals surface area contributed by atoms with E-state index in [9.17, 15) is 4.79 Å². The molecule has 0 saturated heterocycles. The molecule has 4 nitrogen and oxygen atoms in total. The Morgan fingerprint density at radius 2 is 1.36 bits per heavy atom. The summed E-state index contributed by atoms with van der Waals surface area (Å²) >= 11 is 0. The highest BCUT2D eigenvalue weighted by atomic mass is 16.1. The maximum Gasteiger partial charge on any atom is 0.219 e. The molecule has 0 heterocycles. The zero-order valence-corrected chi connectivity index (χ0v) is 18.3. The molecule has 4 N–H and O–H groups in total. The molecule has 0 bridgehead atoms. The van der Waals surface area contributed by atoms with Crippen LogP contribution in [0.5, 0.6) is 0 Å². The second kappa shape index (κ2) is 23.6. The van der Waals surface area contributed by atoms with Crippen molar-refractivity contribution in [2.75, 3.05) is 26.2 Å². The Labute approximate surface area is 174 Å². The molecular weight excluding hydrogens is 346 g/mol. The van der Waals surface area contributed by atoms with Gasteiger partial charge in [0, 0.05) is 13.0 Å². The van der Waals surface area contributed by atoms with Gasteiger partial charge in [-0.25, -0.2) is 0 Å². The number of nitrogens with one attached hydrogen (secondary N) is 2.